The lowest BCUT2D eigenvalue weighted by Gasteiger charge is -2.15. The molecule has 0 radical (unpaired) electrons. The van der Waals surface area contributed by atoms with Crippen molar-refractivity contribution < 1.29 is 13.9 Å². The first kappa shape index (κ1) is 19.4. The predicted octanol–water partition coefficient (Wildman–Crippen LogP) is 2.51. The minimum atomic E-state index is -0.615. The highest BCUT2D eigenvalue weighted by atomic mass is 35.5. The zero-order valence-electron chi connectivity index (χ0n) is 10.3. The lowest BCUT2D eigenvalue weighted by atomic mass is 10.0. The van der Waals surface area contributed by atoms with Crippen LogP contribution in [0.3, 0.4) is 0 Å². The number of ether oxygens (including phenoxy) is 1. The van der Waals surface area contributed by atoms with Crippen molar-refractivity contribution >= 4 is 30.8 Å². The van der Waals surface area contributed by atoms with Crippen LogP contribution < -0.4 is 5.73 Å². The van der Waals surface area contributed by atoms with Crippen LogP contribution in [-0.4, -0.2) is 18.1 Å². The average molecular weight is 299 g/mol. The molecule has 0 spiro atoms. The topological polar surface area (TPSA) is 65.2 Å². The lowest BCUT2D eigenvalue weighted by molar-refractivity contribution is 0.0599. The third kappa shape index (κ3) is 4.40. The van der Waals surface area contributed by atoms with Gasteiger partial charge in [0.1, 0.15) is 5.82 Å². The van der Waals surface area contributed by atoms with Crippen molar-refractivity contribution in [2.24, 2.45) is 11.7 Å². The van der Waals surface area contributed by atoms with Gasteiger partial charge in [-0.1, -0.05) is 13.8 Å². The van der Waals surface area contributed by atoms with E-state index in [1.807, 2.05) is 13.8 Å². The first-order chi connectivity index (χ1) is 7.47. The quantitative estimate of drug-likeness (QED) is 0.871. The van der Waals surface area contributed by atoms with E-state index < -0.39 is 17.8 Å². The second kappa shape index (κ2) is 8.24. The molecule has 0 bridgehead atoms. The molecule has 0 unspecified atom stereocenters. The molecule has 1 heterocycles. The third-order valence-corrected chi connectivity index (χ3v) is 2.32. The van der Waals surface area contributed by atoms with Crippen LogP contribution in [0.5, 0.6) is 0 Å². The smallest absolute Gasteiger partial charge is 0.339 e. The lowest BCUT2D eigenvalue weighted by Crippen LogP contribution is -2.20. The maximum atomic E-state index is 13.6. The van der Waals surface area contributed by atoms with Gasteiger partial charge in [-0.3, -0.25) is 4.98 Å². The number of hydrogen-bond acceptors (Lipinski definition) is 4. The number of rotatable bonds is 3. The van der Waals surface area contributed by atoms with E-state index in [1.165, 1.54) is 13.3 Å². The maximum Gasteiger partial charge on any atom is 0.339 e. The predicted molar refractivity (Wildman–Crippen MR) is 71.8 cm³/mol. The second-order valence-corrected chi connectivity index (χ2v) is 3.85. The van der Waals surface area contributed by atoms with Crippen molar-refractivity contribution in [1.29, 1.82) is 0 Å². The van der Waals surface area contributed by atoms with E-state index in [0.717, 1.165) is 6.07 Å². The van der Waals surface area contributed by atoms with Crippen molar-refractivity contribution in [1.82, 2.24) is 4.98 Å². The molecule has 0 saturated carbocycles. The minimum absolute atomic E-state index is 0. The molecular formula is C11H17Cl2FN2O2. The van der Waals surface area contributed by atoms with Gasteiger partial charge in [0.05, 0.1) is 24.4 Å². The van der Waals surface area contributed by atoms with Gasteiger partial charge < -0.3 is 10.5 Å². The van der Waals surface area contributed by atoms with E-state index in [2.05, 4.69) is 9.72 Å². The van der Waals surface area contributed by atoms with Crippen LogP contribution in [0.15, 0.2) is 12.3 Å². The molecule has 0 aliphatic carbocycles. The van der Waals surface area contributed by atoms with E-state index in [1.54, 1.807) is 0 Å². The molecule has 0 fully saturated rings. The summed E-state index contributed by atoms with van der Waals surface area (Å²) in [5.74, 6) is -1.12. The van der Waals surface area contributed by atoms with E-state index >= 15 is 0 Å². The first-order valence-corrected chi connectivity index (χ1v) is 4.96. The standard InChI is InChI=1S/C11H15FN2O2.2ClH/c1-6(2)9(13)10-8(12)4-7(5-14-10)11(15)16-3;;/h4-6,9H,13H2,1-3H3;2*1H/t9-;;/m0../s1. The summed E-state index contributed by atoms with van der Waals surface area (Å²) in [4.78, 5) is 15.0. The summed E-state index contributed by atoms with van der Waals surface area (Å²) in [6, 6.07) is 0.614. The van der Waals surface area contributed by atoms with Gasteiger partial charge in [0.15, 0.2) is 0 Å². The molecule has 0 amide bonds. The Hall–Kier alpha value is -0.910. The van der Waals surface area contributed by atoms with Crippen molar-refractivity contribution in [3.05, 3.63) is 29.3 Å². The molecule has 1 rings (SSSR count). The number of pyridine rings is 1. The van der Waals surface area contributed by atoms with Crippen LogP contribution >= 0.6 is 24.8 Å². The molecule has 0 aliphatic rings. The van der Waals surface area contributed by atoms with Gasteiger partial charge in [-0.15, -0.1) is 24.8 Å². The van der Waals surface area contributed by atoms with Gasteiger partial charge in [-0.2, -0.15) is 0 Å². The largest absolute Gasteiger partial charge is 0.465 e. The summed E-state index contributed by atoms with van der Waals surface area (Å²) in [5.41, 5.74) is 6.03. The van der Waals surface area contributed by atoms with Crippen LogP contribution in [0.2, 0.25) is 0 Å². The molecule has 1 aromatic heterocycles. The SMILES string of the molecule is COC(=O)c1cnc([C@@H](N)C(C)C)c(F)c1.Cl.Cl. The normalized spacial score (nSPS) is 11.2. The Balaban J connectivity index is 0. The van der Waals surface area contributed by atoms with Crippen LogP contribution in [0, 0.1) is 11.7 Å². The highest BCUT2D eigenvalue weighted by molar-refractivity contribution is 5.88. The fourth-order valence-corrected chi connectivity index (χ4v) is 1.24. The maximum absolute atomic E-state index is 13.6. The van der Waals surface area contributed by atoms with Gasteiger partial charge in [-0.25, -0.2) is 9.18 Å². The number of methoxy groups -OCH3 is 1. The zero-order chi connectivity index (χ0) is 12.3. The Labute approximate surface area is 118 Å². The molecule has 2 N–H and O–H groups in total. The number of halogens is 3. The number of carbonyl (C=O) groups excluding carboxylic acids is 1. The number of hydrogen-bond donors (Lipinski definition) is 1. The fraction of sp³-hybridized carbons (Fsp3) is 0.455. The highest BCUT2D eigenvalue weighted by Crippen LogP contribution is 2.20. The Morgan fingerprint density at radius 1 is 1.44 bits per heavy atom. The molecule has 1 atom stereocenters. The molecule has 0 aliphatic heterocycles. The molecular weight excluding hydrogens is 282 g/mol. The Morgan fingerprint density at radius 2 is 2.00 bits per heavy atom. The second-order valence-electron chi connectivity index (χ2n) is 3.85. The number of carbonyl (C=O) groups is 1. The number of nitrogens with zero attached hydrogens (tertiary/aromatic N) is 1. The summed E-state index contributed by atoms with van der Waals surface area (Å²) in [6.07, 6.45) is 1.27. The third-order valence-electron chi connectivity index (χ3n) is 2.32. The van der Waals surface area contributed by atoms with Crippen molar-refractivity contribution in [2.45, 2.75) is 19.9 Å². The summed E-state index contributed by atoms with van der Waals surface area (Å²) in [5, 5.41) is 0. The summed E-state index contributed by atoms with van der Waals surface area (Å²) in [6.45, 7) is 3.75. The number of esters is 1. The van der Waals surface area contributed by atoms with Crippen molar-refractivity contribution in [2.75, 3.05) is 7.11 Å². The first-order valence-electron chi connectivity index (χ1n) is 4.96. The van der Waals surface area contributed by atoms with E-state index in [4.69, 9.17) is 5.73 Å². The molecule has 18 heavy (non-hydrogen) atoms. The van der Waals surface area contributed by atoms with E-state index in [-0.39, 0.29) is 42.0 Å². The molecule has 0 aromatic carbocycles. The van der Waals surface area contributed by atoms with Gasteiger partial charge in [0, 0.05) is 6.20 Å². The number of nitrogens with two attached hydrogens (primary N) is 1. The van der Waals surface area contributed by atoms with Crippen molar-refractivity contribution in [3.63, 3.8) is 0 Å². The van der Waals surface area contributed by atoms with Gasteiger partial charge in [0.2, 0.25) is 0 Å². The monoisotopic (exact) mass is 298 g/mol. The van der Waals surface area contributed by atoms with Crippen LogP contribution in [0.1, 0.15) is 35.9 Å². The Morgan fingerprint density at radius 3 is 2.39 bits per heavy atom. The Kier molecular flexibility index (Phi) is 8.89. The highest BCUT2D eigenvalue weighted by Gasteiger charge is 2.18. The van der Waals surface area contributed by atoms with Gasteiger partial charge in [0.25, 0.3) is 0 Å². The van der Waals surface area contributed by atoms with E-state index in [9.17, 15) is 9.18 Å². The molecule has 7 heteroatoms. The fourth-order valence-electron chi connectivity index (χ4n) is 1.24. The molecule has 0 saturated heterocycles. The minimum Gasteiger partial charge on any atom is -0.465 e. The Bertz CT molecular complexity index is 403. The summed E-state index contributed by atoms with van der Waals surface area (Å²) >= 11 is 0. The molecule has 1 aromatic rings. The van der Waals surface area contributed by atoms with Crippen LogP contribution in [0.4, 0.5) is 4.39 Å². The van der Waals surface area contributed by atoms with Gasteiger partial charge >= 0.3 is 5.97 Å². The van der Waals surface area contributed by atoms with Crippen LogP contribution in [-0.2, 0) is 4.74 Å². The molecule has 4 nitrogen and oxygen atoms in total. The zero-order valence-corrected chi connectivity index (χ0v) is 12.0. The molecule has 104 valence electrons. The van der Waals surface area contributed by atoms with Crippen molar-refractivity contribution in [3.8, 4) is 0 Å². The van der Waals surface area contributed by atoms with Crippen LogP contribution in [0.25, 0.3) is 0 Å². The van der Waals surface area contributed by atoms with Gasteiger partial charge in [-0.05, 0) is 12.0 Å². The summed E-state index contributed by atoms with van der Waals surface area (Å²) in [7, 11) is 1.23. The number of aromatic nitrogens is 1. The summed E-state index contributed by atoms with van der Waals surface area (Å²) < 4.78 is 18.1. The van der Waals surface area contributed by atoms with E-state index in [0.29, 0.717) is 0 Å². The average Bonchev–Trinajstić information content (AvgIpc) is 2.26.